The Labute approximate surface area is 152 Å². The fraction of sp³-hybridized carbons (Fsp3) is 0.632. The van der Waals surface area contributed by atoms with Crippen LogP contribution in [0, 0.1) is 17.8 Å². The molecular weight excluding hydrogens is 370 g/mol. The highest BCUT2D eigenvalue weighted by Gasteiger charge is 2.42. The van der Waals surface area contributed by atoms with Crippen LogP contribution in [0.2, 0.25) is 0 Å². The number of amides is 1. The Kier molecular flexibility index (Phi) is 5.82. The molecule has 0 radical (unpaired) electrons. The lowest BCUT2D eigenvalue weighted by atomic mass is 9.84. The summed E-state index contributed by atoms with van der Waals surface area (Å²) in [5, 5.41) is 12.3. The predicted octanol–water partition coefficient (Wildman–Crippen LogP) is 3.30. The Bertz CT molecular complexity index is 592. The number of hydrogen-bond acceptors (Lipinski definition) is 3. The molecule has 0 aromatic heterocycles. The molecule has 0 spiro atoms. The lowest BCUT2D eigenvalue weighted by Crippen LogP contribution is -2.42. The molecule has 3 rings (SSSR count). The summed E-state index contributed by atoms with van der Waals surface area (Å²) in [5.41, 5.74) is 0.904. The van der Waals surface area contributed by atoms with Crippen molar-refractivity contribution in [3.05, 3.63) is 28.2 Å². The van der Waals surface area contributed by atoms with Gasteiger partial charge in [0.05, 0.1) is 0 Å². The molecule has 0 aliphatic heterocycles. The SMILES string of the molecule is C[C@@H](NC(=O)COc1ccc(Br)cc1CCO)[C@H]1C[C@H]2CC[C@H]1C2. The van der Waals surface area contributed by atoms with Gasteiger partial charge in [0, 0.05) is 17.1 Å². The smallest absolute Gasteiger partial charge is 0.258 e. The third kappa shape index (κ3) is 4.12. The Balaban J connectivity index is 1.50. The molecule has 2 saturated carbocycles. The van der Waals surface area contributed by atoms with E-state index >= 15 is 0 Å². The van der Waals surface area contributed by atoms with Crippen LogP contribution in [0.3, 0.4) is 0 Å². The molecule has 5 heteroatoms. The summed E-state index contributed by atoms with van der Waals surface area (Å²) >= 11 is 3.42. The molecule has 24 heavy (non-hydrogen) atoms. The third-order valence-corrected chi connectivity index (χ3v) is 6.08. The van der Waals surface area contributed by atoms with Crippen molar-refractivity contribution in [2.45, 2.75) is 45.1 Å². The predicted molar refractivity (Wildman–Crippen MR) is 97.0 cm³/mol. The highest BCUT2D eigenvalue weighted by atomic mass is 79.9. The maximum absolute atomic E-state index is 12.2. The van der Waals surface area contributed by atoms with Gasteiger partial charge in [-0.05, 0) is 74.1 Å². The van der Waals surface area contributed by atoms with Crippen molar-refractivity contribution in [1.82, 2.24) is 5.32 Å². The third-order valence-electron chi connectivity index (χ3n) is 5.59. The van der Waals surface area contributed by atoms with Crippen molar-refractivity contribution in [3.63, 3.8) is 0 Å². The van der Waals surface area contributed by atoms with E-state index in [1.165, 1.54) is 25.7 Å². The molecule has 2 fully saturated rings. The molecule has 4 atom stereocenters. The van der Waals surface area contributed by atoms with Crippen molar-refractivity contribution >= 4 is 21.8 Å². The van der Waals surface area contributed by atoms with Gasteiger partial charge in [0.2, 0.25) is 0 Å². The molecule has 2 N–H and O–H groups in total. The van der Waals surface area contributed by atoms with Gasteiger partial charge in [-0.3, -0.25) is 4.79 Å². The number of nitrogens with one attached hydrogen (secondary N) is 1. The van der Waals surface area contributed by atoms with Crippen LogP contribution >= 0.6 is 15.9 Å². The standard InChI is InChI=1S/C19H26BrNO3/c1-12(17-9-13-2-3-14(17)8-13)21-19(23)11-24-18-5-4-16(20)10-15(18)6-7-22/h4-5,10,12-14,17,22H,2-3,6-9,11H2,1H3,(H,21,23)/t12-,13+,14+,17-/m1/s1. The normalized spacial score (nSPS) is 26.4. The first-order chi connectivity index (χ1) is 11.6. The lowest BCUT2D eigenvalue weighted by molar-refractivity contribution is -0.124. The van der Waals surface area contributed by atoms with Gasteiger partial charge in [0.1, 0.15) is 5.75 Å². The molecule has 4 nitrogen and oxygen atoms in total. The van der Waals surface area contributed by atoms with E-state index in [1.54, 1.807) is 0 Å². The maximum Gasteiger partial charge on any atom is 0.258 e. The Hall–Kier alpha value is -1.07. The fourth-order valence-corrected chi connectivity index (χ4v) is 4.87. The number of halogens is 1. The minimum Gasteiger partial charge on any atom is -0.483 e. The summed E-state index contributed by atoms with van der Waals surface area (Å²) < 4.78 is 6.63. The number of rotatable bonds is 7. The summed E-state index contributed by atoms with van der Waals surface area (Å²) in [5.74, 6) is 2.91. The topological polar surface area (TPSA) is 58.6 Å². The van der Waals surface area contributed by atoms with Crippen LogP contribution in [0.5, 0.6) is 5.75 Å². The van der Waals surface area contributed by atoms with Crippen LogP contribution in [-0.2, 0) is 11.2 Å². The van der Waals surface area contributed by atoms with Crippen LogP contribution in [0.15, 0.2) is 22.7 Å². The van der Waals surface area contributed by atoms with Crippen LogP contribution in [0.4, 0.5) is 0 Å². The second-order valence-electron chi connectivity index (χ2n) is 7.21. The largest absolute Gasteiger partial charge is 0.483 e. The number of hydrogen-bond donors (Lipinski definition) is 2. The fourth-order valence-electron chi connectivity index (χ4n) is 4.46. The van der Waals surface area contributed by atoms with E-state index in [-0.39, 0.29) is 25.2 Å². The molecule has 132 valence electrons. The van der Waals surface area contributed by atoms with Gasteiger partial charge in [-0.2, -0.15) is 0 Å². The summed E-state index contributed by atoms with van der Waals surface area (Å²) in [4.78, 5) is 12.2. The van der Waals surface area contributed by atoms with E-state index < -0.39 is 0 Å². The van der Waals surface area contributed by atoms with Gasteiger partial charge in [-0.25, -0.2) is 0 Å². The summed E-state index contributed by atoms with van der Waals surface area (Å²) in [6, 6.07) is 5.85. The van der Waals surface area contributed by atoms with Gasteiger partial charge >= 0.3 is 0 Å². The molecule has 2 bridgehead atoms. The molecule has 2 aliphatic carbocycles. The molecule has 0 unspecified atom stereocenters. The first-order valence-electron chi connectivity index (χ1n) is 8.88. The Morgan fingerprint density at radius 2 is 2.25 bits per heavy atom. The van der Waals surface area contributed by atoms with Crippen molar-refractivity contribution in [2.24, 2.45) is 17.8 Å². The van der Waals surface area contributed by atoms with Gasteiger partial charge in [0.15, 0.2) is 6.61 Å². The molecule has 0 heterocycles. The second kappa shape index (κ2) is 7.87. The number of aliphatic hydroxyl groups is 1. The molecule has 1 aromatic carbocycles. The van der Waals surface area contributed by atoms with Crippen molar-refractivity contribution in [3.8, 4) is 5.75 Å². The second-order valence-corrected chi connectivity index (χ2v) is 8.12. The lowest BCUT2D eigenvalue weighted by Gasteiger charge is -2.28. The van der Waals surface area contributed by atoms with Crippen LogP contribution in [-0.4, -0.2) is 30.3 Å². The van der Waals surface area contributed by atoms with Crippen LogP contribution in [0.1, 0.15) is 38.2 Å². The summed E-state index contributed by atoms with van der Waals surface area (Å²) in [6.07, 6.45) is 5.83. The monoisotopic (exact) mass is 395 g/mol. The van der Waals surface area contributed by atoms with Gasteiger partial charge in [0.25, 0.3) is 5.91 Å². The summed E-state index contributed by atoms with van der Waals surface area (Å²) in [7, 11) is 0. The van der Waals surface area contributed by atoms with E-state index in [2.05, 4.69) is 28.2 Å². The Morgan fingerprint density at radius 3 is 2.92 bits per heavy atom. The molecule has 0 saturated heterocycles. The average molecular weight is 396 g/mol. The highest BCUT2D eigenvalue weighted by Crippen LogP contribution is 2.49. The van der Waals surface area contributed by atoms with Crippen LogP contribution in [0.25, 0.3) is 0 Å². The summed E-state index contributed by atoms with van der Waals surface area (Å²) in [6.45, 7) is 2.20. The number of aliphatic hydroxyl groups excluding tert-OH is 1. The van der Waals surface area contributed by atoms with E-state index in [0.717, 1.165) is 21.9 Å². The molecular formula is C19H26BrNO3. The van der Waals surface area contributed by atoms with Crippen LogP contribution < -0.4 is 10.1 Å². The zero-order valence-corrected chi connectivity index (χ0v) is 15.7. The number of ether oxygens (including phenoxy) is 1. The number of carbonyl (C=O) groups excluding carboxylic acids is 1. The van der Waals surface area contributed by atoms with E-state index in [1.807, 2.05) is 18.2 Å². The molecule has 1 amide bonds. The zero-order valence-electron chi connectivity index (χ0n) is 14.1. The van der Waals surface area contributed by atoms with E-state index in [0.29, 0.717) is 18.1 Å². The van der Waals surface area contributed by atoms with E-state index in [9.17, 15) is 4.79 Å². The van der Waals surface area contributed by atoms with Crippen molar-refractivity contribution in [1.29, 1.82) is 0 Å². The molecule has 2 aliphatic rings. The number of benzene rings is 1. The van der Waals surface area contributed by atoms with Crippen molar-refractivity contribution in [2.75, 3.05) is 13.2 Å². The first-order valence-corrected chi connectivity index (χ1v) is 9.67. The molecule has 1 aromatic rings. The highest BCUT2D eigenvalue weighted by molar-refractivity contribution is 9.10. The number of carbonyl (C=O) groups is 1. The average Bonchev–Trinajstić information content (AvgIpc) is 3.17. The van der Waals surface area contributed by atoms with Gasteiger partial charge < -0.3 is 15.2 Å². The Morgan fingerprint density at radius 1 is 1.42 bits per heavy atom. The zero-order chi connectivity index (χ0) is 17.1. The number of fused-ring (bicyclic) bond motifs is 2. The quantitative estimate of drug-likeness (QED) is 0.744. The maximum atomic E-state index is 12.2. The minimum atomic E-state index is -0.0665. The minimum absolute atomic E-state index is 0.0191. The van der Waals surface area contributed by atoms with E-state index in [4.69, 9.17) is 9.84 Å². The van der Waals surface area contributed by atoms with Crippen molar-refractivity contribution < 1.29 is 14.6 Å². The van der Waals surface area contributed by atoms with Gasteiger partial charge in [-0.15, -0.1) is 0 Å². The first kappa shape index (κ1) is 17.7. The van der Waals surface area contributed by atoms with Gasteiger partial charge in [-0.1, -0.05) is 22.4 Å².